The minimum absolute atomic E-state index is 0.333. The Hall–Kier alpha value is -2.43. The third-order valence-corrected chi connectivity index (χ3v) is 2.72. The number of methoxy groups -OCH3 is 1. The smallest absolute Gasteiger partial charge is 0.339 e. The zero-order valence-corrected chi connectivity index (χ0v) is 11.2. The van der Waals surface area contributed by atoms with Gasteiger partial charge in [0.05, 0.1) is 18.4 Å². The van der Waals surface area contributed by atoms with Gasteiger partial charge < -0.3 is 9.47 Å². The SMILES string of the molecule is CCc1nc(Oc2ccc(F)cc2)ccc1C(=O)OC. The molecule has 0 aliphatic carbocycles. The number of ether oxygens (including phenoxy) is 2. The number of carbonyl (C=O) groups is 1. The monoisotopic (exact) mass is 275 g/mol. The fraction of sp³-hybridized carbons (Fsp3) is 0.200. The molecule has 5 heteroatoms. The summed E-state index contributed by atoms with van der Waals surface area (Å²) in [4.78, 5) is 15.8. The van der Waals surface area contributed by atoms with Gasteiger partial charge in [0.1, 0.15) is 11.6 Å². The first-order valence-electron chi connectivity index (χ1n) is 6.15. The zero-order chi connectivity index (χ0) is 14.5. The van der Waals surface area contributed by atoms with E-state index in [4.69, 9.17) is 4.74 Å². The van der Waals surface area contributed by atoms with Crippen LogP contribution in [0.4, 0.5) is 4.39 Å². The van der Waals surface area contributed by atoms with Gasteiger partial charge in [-0.15, -0.1) is 0 Å². The summed E-state index contributed by atoms with van der Waals surface area (Å²) in [6.45, 7) is 1.89. The number of pyridine rings is 1. The molecule has 0 aliphatic rings. The fourth-order valence-electron chi connectivity index (χ4n) is 1.73. The maximum absolute atomic E-state index is 12.8. The summed E-state index contributed by atoms with van der Waals surface area (Å²) in [6, 6.07) is 8.82. The lowest BCUT2D eigenvalue weighted by Crippen LogP contribution is -2.07. The molecule has 20 heavy (non-hydrogen) atoms. The number of aromatic nitrogens is 1. The Balaban J connectivity index is 2.25. The molecule has 4 nitrogen and oxygen atoms in total. The van der Waals surface area contributed by atoms with Crippen molar-refractivity contribution in [2.45, 2.75) is 13.3 Å². The highest BCUT2D eigenvalue weighted by Gasteiger charge is 2.13. The second-order valence-electron chi connectivity index (χ2n) is 4.04. The van der Waals surface area contributed by atoms with Gasteiger partial charge in [-0.2, -0.15) is 0 Å². The summed E-state index contributed by atoms with van der Waals surface area (Å²) in [5.74, 6) is 0.0659. The van der Waals surface area contributed by atoms with Crippen LogP contribution in [0.3, 0.4) is 0 Å². The molecule has 1 aromatic carbocycles. The molecule has 0 radical (unpaired) electrons. The van der Waals surface area contributed by atoms with E-state index in [1.54, 1.807) is 12.1 Å². The first-order chi connectivity index (χ1) is 9.63. The molecule has 0 unspecified atom stereocenters. The molecule has 0 atom stereocenters. The highest BCUT2D eigenvalue weighted by molar-refractivity contribution is 5.90. The Kier molecular flexibility index (Phi) is 4.30. The maximum atomic E-state index is 12.8. The number of aryl methyl sites for hydroxylation is 1. The first kappa shape index (κ1) is 14.0. The van der Waals surface area contributed by atoms with Crippen molar-refractivity contribution in [3.05, 3.63) is 53.5 Å². The lowest BCUT2D eigenvalue weighted by Gasteiger charge is -2.09. The molecule has 0 N–H and O–H groups in total. The van der Waals surface area contributed by atoms with Crippen molar-refractivity contribution in [3.63, 3.8) is 0 Å². The Morgan fingerprint density at radius 1 is 1.20 bits per heavy atom. The number of benzene rings is 1. The van der Waals surface area contributed by atoms with Gasteiger partial charge in [0.2, 0.25) is 5.88 Å². The molecule has 2 rings (SSSR count). The van der Waals surface area contributed by atoms with Gasteiger partial charge in [-0.1, -0.05) is 6.92 Å². The van der Waals surface area contributed by atoms with E-state index in [9.17, 15) is 9.18 Å². The Labute approximate surface area is 116 Å². The standard InChI is InChI=1S/C15H14FNO3/c1-3-13-12(15(18)19-2)8-9-14(17-13)20-11-6-4-10(16)5-7-11/h4-9H,3H2,1-2H3. The Morgan fingerprint density at radius 3 is 2.50 bits per heavy atom. The Morgan fingerprint density at radius 2 is 1.90 bits per heavy atom. The van der Waals surface area contributed by atoms with Gasteiger partial charge in [0.25, 0.3) is 0 Å². The number of nitrogens with zero attached hydrogens (tertiary/aromatic N) is 1. The summed E-state index contributed by atoms with van der Waals surface area (Å²) in [5.41, 5.74) is 1.01. The first-order valence-corrected chi connectivity index (χ1v) is 6.15. The molecular weight excluding hydrogens is 261 g/mol. The minimum Gasteiger partial charge on any atom is -0.465 e. The van der Waals surface area contributed by atoms with E-state index in [2.05, 4.69) is 9.72 Å². The lowest BCUT2D eigenvalue weighted by molar-refractivity contribution is 0.0599. The van der Waals surface area contributed by atoms with E-state index >= 15 is 0 Å². The quantitative estimate of drug-likeness (QED) is 0.803. The molecule has 0 fully saturated rings. The number of rotatable bonds is 4. The highest BCUT2D eigenvalue weighted by Crippen LogP contribution is 2.21. The van der Waals surface area contributed by atoms with Gasteiger partial charge in [-0.3, -0.25) is 0 Å². The summed E-state index contributed by atoms with van der Waals surface area (Å²) in [5, 5.41) is 0. The third-order valence-electron chi connectivity index (χ3n) is 2.72. The van der Waals surface area contributed by atoms with Crippen molar-refractivity contribution >= 4 is 5.97 Å². The molecule has 1 aromatic heterocycles. The number of hydrogen-bond donors (Lipinski definition) is 0. The van der Waals surface area contributed by atoms with Crippen molar-refractivity contribution in [1.82, 2.24) is 4.98 Å². The molecule has 104 valence electrons. The van der Waals surface area contributed by atoms with Crippen molar-refractivity contribution in [3.8, 4) is 11.6 Å². The van der Waals surface area contributed by atoms with E-state index in [1.165, 1.54) is 31.4 Å². The highest BCUT2D eigenvalue weighted by atomic mass is 19.1. The predicted octanol–water partition coefficient (Wildman–Crippen LogP) is 3.36. The molecule has 0 saturated heterocycles. The molecule has 0 amide bonds. The van der Waals surface area contributed by atoms with E-state index in [-0.39, 0.29) is 5.82 Å². The molecular formula is C15H14FNO3. The number of hydrogen-bond acceptors (Lipinski definition) is 4. The summed E-state index contributed by atoms with van der Waals surface area (Å²) in [6.07, 6.45) is 0.574. The van der Waals surface area contributed by atoms with Gasteiger partial charge in [-0.25, -0.2) is 14.2 Å². The molecule has 0 saturated carbocycles. The maximum Gasteiger partial charge on any atom is 0.339 e. The van der Waals surface area contributed by atoms with Crippen LogP contribution in [0.1, 0.15) is 23.0 Å². The molecule has 2 aromatic rings. The van der Waals surface area contributed by atoms with Crippen LogP contribution in [0, 0.1) is 5.82 Å². The van der Waals surface area contributed by atoms with Crippen LogP contribution < -0.4 is 4.74 Å². The third kappa shape index (κ3) is 3.12. The van der Waals surface area contributed by atoms with Crippen LogP contribution >= 0.6 is 0 Å². The predicted molar refractivity (Wildman–Crippen MR) is 71.4 cm³/mol. The number of carbonyl (C=O) groups excluding carboxylic acids is 1. The van der Waals surface area contributed by atoms with E-state index in [0.29, 0.717) is 29.3 Å². The molecule has 0 bridgehead atoms. The van der Waals surface area contributed by atoms with Crippen LogP contribution in [0.25, 0.3) is 0 Å². The largest absolute Gasteiger partial charge is 0.465 e. The number of esters is 1. The van der Waals surface area contributed by atoms with Crippen molar-refractivity contribution in [2.24, 2.45) is 0 Å². The normalized spacial score (nSPS) is 10.2. The van der Waals surface area contributed by atoms with Crippen LogP contribution in [0.15, 0.2) is 36.4 Å². The van der Waals surface area contributed by atoms with Crippen molar-refractivity contribution in [1.29, 1.82) is 0 Å². The van der Waals surface area contributed by atoms with E-state index in [0.717, 1.165) is 0 Å². The average molecular weight is 275 g/mol. The fourth-order valence-corrected chi connectivity index (χ4v) is 1.73. The van der Waals surface area contributed by atoms with E-state index < -0.39 is 5.97 Å². The molecule has 1 heterocycles. The average Bonchev–Trinajstić information content (AvgIpc) is 2.48. The molecule has 0 spiro atoms. The Bertz CT molecular complexity index is 611. The minimum atomic E-state index is -0.428. The van der Waals surface area contributed by atoms with Crippen LogP contribution in [-0.4, -0.2) is 18.1 Å². The van der Waals surface area contributed by atoms with Crippen LogP contribution in [0.5, 0.6) is 11.6 Å². The van der Waals surface area contributed by atoms with Crippen molar-refractivity contribution in [2.75, 3.05) is 7.11 Å². The zero-order valence-electron chi connectivity index (χ0n) is 11.2. The van der Waals surface area contributed by atoms with Gasteiger partial charge >= 0.3 is 5.97 Å². The second-order valence-corrected chi connectivity index (χ2v) is 4.04. The summed E-state index contributed by atoms with van der Waals surface area (Å²) >= 11 is 0. The van der Waals surface area contributed by atoms with Crippen molar-refractivity contribution < 1.29 is 18.7 Å². The van der Waals surface area contributed by atoms with Crippen LogP contribution in [-0.2, 0) is 11.2 Å². The lowest BCUT2D eigenvalue weighted by atomic mass is 10.1. The van der Waals surface area contributed by atoms with E-state index in [1.807, 2.05) is 6.92 Å². The van der Waals surface area contributed by atoms with Gasteiger partial charge in [-0.05, 0) is 36.8 Å². The van der Waals surface area contributed by atoms with Gasteiger partial charge in [0, 0.05) is 6.07 Å². The second kappa shape index (κ2) is 6.14. The van der Waals surface area contributed by atoms with Gasteiger partial charge in [0.15, 0.2) is 0 Å². The summed E-state index contributed by atoms with van der Waals surface area (Å²) < 4.78 is 23.0. The van der Waals surface area contributed by atoms with Crippen LogP contribution in [0.2, 0.25) is 0 Å². The summed E-state index contributed by atoms with van der Waals surface area (Å²) in [7, 11) is 1.32. The molecule has 0 aliphatic heterocycles. The topological polar surface area (TPSA) is 48.4 Å². The number of halogens is 1.